The van der Waals surface area contributed by atoms with E-state index in [0.717, 1.165) is 29.2 Å². The minimum absolute atomic E-state index is 0.333. The summed E-state index contributed by atoms with van der Waals surface area (Å²) in [5.41, 5.74) is -4.12. The van der Waals surface area contributed by atoms with Crippen LogP contribution in [-0.4, -0.2) is 27.4 Å². The second-order valence-electron chi connectivity index (χ2n) is 5.93. The highest BCUT2D eigenvalue weighted by molar-refractivity contribution is 6.19. The predicted octanol–water partition coefficient (Wildman–Crippen LogP) is 2.85. The smallest absolute Gasteiger partial charge is 0.422 e. The fraction of sp³-hybridized carbons (Fsp3) is 0.250. The van der Waals surface area contributed by atoms with Gasteiger partial charge in [-0.3, -0.25) is 9.48 Å². The summed E-state index contributed by atoms with van der Waals surface area (Å²) in [6.07, 6.45) is -4.19. The van der Waals surface area contributed by atoms with Crippen molar-refractivity contribution in [1.29, 1.82) is 5.26 Å². The summed E-state index contributed by atoms with van der Waals surface area (Å²) in [5.74, 6) is -1.62. The first kappa shape index (κ1) is 18.4. The number of hydrogen-bond acceptors (Lipinski definition) is 5. The molecule has 2 amide bonds. The molecule has 1 saturated heterocycles. The van der Waals surface area contributed by atoms with E-state index in [0.29, 0.717) is 11.0 Å². The molecule has 1 aliphatic rings. The van der Waals surface area contributed by atoms with E-state index in [1.165, 1.54) is 13.0 Å². The number of cyclic esters (lactones) is 1. The summed E-state index contributed by atoms with van der Waals surface area (Å²) in [7, 11) is 0. The first-order valence-corrected chi connectivity index (χ1v) is 7.42. The Morgan fingerprint density at radius 3 is 2.59 bits per heavy atom. The van der Waals surface area contributed by atoms with Crippen LogP contribution in [0.2, 0.25) is 0 Å². The van der Waals surface area contributed by atoms with Crippen LogP contribution >= 0.6 is 0 Å². The van der Waals surface area contributed by atoms with Crippen molar-refractivity contribution in [2.45, 2.75) is 25.2 Å². The lowest BCUT2D eigenvalue weighted by Crippen LogP contribution is -2.42. The average molecular weight is 382 g/mol. The first-order valence-electron chi connectivity index (χ1n) is 7.42. The number of nitrogens with zero attached hydrogens (tertiary/aromatic N) is 4. The Kier molecular flexibility index (Phi) is 4.14. The van der Waals surface area contributed by atoms with Gasteiger partial charge in [-0.15, -0.1) is 0 Å². The number of benzene rings is 1. The van der Waals surface area contributed by atoms with Gasteiger partial charge in [0.1, 0.15) is 0 Å². The highest BCUT2D eigenvalue weighted by Crippen LogP contribution is 2.37. The molecule has 11 heteroatoms. The van der Waals surface area contributed by atoms with Crippen LogP contribution in [0.5, 0.6) is 0 Å². The van der Waals surface area contributed by atoms with Crippen LogP contribution in [0, 0.1) is 17.1 Å². The van der Waals surface area contributed by atoms with E-state index in [1.54, 1.807) is 0 Å². The Labute approximate surface area is 149 Å². The van der Waals surface area contributed by atoms with Crippen molar-refractivity contribution < 1.29 is 31.9 Å². The zero-order valence-corrected chi connectivity index (χ0v) is 13.6. The van der Waals surface area contributed by atoms with E-state index in [2.05, 4.69) is 5.10 Å². The Morgan fingerprint density at radius 1 is 1.33 bits per heavy atom. The number of anilines is 1. The van der Waals surface area contributed by atoms with Crippen LogP contribution in [0.4, 0.5) is 28.0 Å². The number of carbonyl (C=O) groups is 2. The van der Waals surface area contributed by atoms with Gasteiger partial charge in [0, 0.05) is 0 Å². The second-order valence-corrected chi connectivity index (χ2v) is 5.93. The zero-order chi connectivity index (χ0) is 20.0. The van der Waals surface area contributed by atoms with E-state index in [1.807, 2.05) is 0 Å². The van der Waals surface area contributed by atoms with Gasteiger partial charge >= 0.3 is 12.3 Å². The van der Waals surface area contributed by atoms with Gasteiger partial charge in [0.2, 0.25) is 5.60 Å². The molecule has 3 rings (SSSR count). The minimum atomic E-state index is -4.86. The van der Waals surface area contributed by atoms with Crippen molar-refractivity contribution in [2.75, 3.05) is 4.90 Å². The topological polar surface area (TPSA) is 88.2 Å². The Hall–Kier alpha value is -3.42. The lowest BCUT2D eigenvalue weighted by molar-refractivity contribution is -0.137. The first-order chi connectivity index (χ1) is 12.5. The Morgan fingerprint density at radius 2 is 2.04 bits per heavy atom. The number of rotatable bonds is 3. The molecule has 0 N–H and O–H groups in total. The van der Waals surface area contributed by atoms with Gasteiger partial charge in [-0.05, 0) is 25.1 Å². The molecule has 1 unspecified atom stereocenters. The molecule has 0 aliphatic carbocycles. The Balaban J connectivity index is 1.97. The molecule has 0 bridgehead atoms. The number of aromatic nitrogens is 2. The van der Waals surface area contributed by atoms with E-state index in [-0.39, 0.29) is 6.54 Å². The van der Waals surface area contributed by atoms with E-state index >= 15 is 0 Å². The van der Waals surface area contributed by atoms with Gasteiger partial charge < -0.3 is 4.74 Å². The summed E-state index contributed by atoms with van der Waals surface area (Å²) in [6, 6.07) is 3.82. The van der Waals surface area contributed by atoms with Crippen LogP contribution in [0.1, 0.15) is 18.1 Å². The molecule has 1 fully saturated rings. The van der Waals surface area contributed by atoms with Gasteiger partial charge in [0.15, 0.2) is 5.82 Å². The average Bonchev–Trinajstić information content (AvgIpc) is 3.07. The number of hydrogen-bond donors (Lipinski definition) is 0. The fourth-order valence-electron chi connectivity index (χ4n) is 2.66. The minimum Gasteiger partial charge on any atom is -0.430 e. The number of halogens is 4. The van der Waals surface area contributed by atoms with Crippen molar-refractivity contribution in [2.24, 2.45) is 0 Å². The second kappa shape index (κ2) is 6.08. The SMILES string of the molecule is CC1(Cn2cc(F)cn2)OC(=O)N(c2ccc(C#N)c(C(F)(F)F)c2)C1=O. The highest BCUT2D eigenvalue weighted by atomic mass is 19.4. The fourth-order valence-corrected chi connectivity index (χ4v) is 2.66. The maximum atomic E-state index is 13.1. The molecule has 0 spiro atoms. The van der Waals surface area contributed by atoms with Gasteiger partial charge in [0.25, 0.3) is 5.91 Å². The third kappa shape index (κ3) is 3.21. The number of nitriles is 1. The molecule has 1 aliphatic heterocycles. The van der Waals surface area contributed by atoms with E-state index in [9.17, 15) is 27.2 Å². The quantitative estimate of drug-likeness (QED) is 0.762. The summed E-state index contributed by atoms with van der Waals surface area (Å²) < 4.78 is 58.5. The Bertz CT molecular complexity index is 979. The third-order valence-corrected chi connectivity index (χ3v) is 3.90. The van der Waals surface area contributed by atoms with Crippen LogP contribution in [0.3, 0.4) is 0 Å². The number of alkyl halides is 3. The van der Waals surface area contributed by atoms with Crippen molar-refractivity contribution in [3.63, 3.8) is 0 Å². The summed E-state index contributed by atoms with van der Waals surface area (Å²) in [4.78, 5) is 25.2. The third-order valence-electron chi connectivity index (χ3n) is 3.90. The largest absolute Gasteiger partial charge is 0.430 e. The molecule has 1 atom stereocenters. The maximum Gasteiger partial charge on any atom is 0.422 e. The molecule has 140 valence electrons. The lowest BCUT2D eigenvalue weighted by Gasteiger charge is -2.20. The van der Waals surface area contributed by atoms with Crippen LogP contribution in [0.25, 0.3) is 0 Å². The van der Waals surface area contributed by atoms with Crippen LogP contribution in [0.15, 0.2) is 30.6 Å². The van der Waals surface area contributed by atoms with E-state index < -0.39 is 46.4 Å². The molecular formula is C16H10F4N4O3. The molecule has 0 saturated carbocycles. The van der Waals surface area contributed by atoms with Crippen molar-refractivity contribution in [3.05, 3.63) is 47.5 Å². The molecule has 2 aromatic rings. The zero-order valence-electron chi connectivity index (χ0n) is 13.6. The maximum absolute atomic E-state index is 13.1. The molecule has 2 heterocycles. The van der Waals surface area contributed by atoms with Crippen LogP contribution in [-0.2, 0) is 22.3 Å². The molecule has 7 nitrogen and oxygen atoms in total. The van der Waals surface area contributed by atoms with Gasteiger partial charge in [-0.2, -0.15) is 23.5 Å². The summed E-state index contributed by atoms with van der Waals surface area (Å²) >= 11 is 0. The number of carbonyl (C=O) groups excluding carboxylic acids is 2. The summed E-state index contributed by atoms with van der Waals surface area (Å²) in [5, 5.41) is 12.5. The van der Waals surface area contributed by atoms with E-state index in [4.69, 9.17) is 10.00 Å². The predicted molar refractivity (Wildman–Crippen MR) is 80.7 cm³/mol. The number of ether oxygens (including phenoxy) is 1. The van der Waals surface area contributed by atoms with Crippen molar-refractivity contribution in [1.82, 2.24) is 9.78 Å². The number of imide groups is 1. The monoisotopic (exact) mass is 382 g/mol. The molecule has 1 aromatic heterocycles. The molecule has 0 radical (unpaired) electrons. The molecule has 27 heavy (non-hydrogen) atoms. The normalized spacial score (nSPS) is 19.9. The van der Waals surface area contributed by atoms with Gasteiger partial charge in [-0.1, -0.05) is 0 Å². The summed E-state index contributed by atoms with van der Waals surface area (Å²) in [6.45, 7) is 0.904. The van der Waals surface area contributed by atoms with Crippen LogP contribution < -0.4 is 4.90 Å². The van der Waals surface area contributed by atoms with Gasteiger partial charge in [-0.25, -0.2) is 14.1 Å². The highest BCUT2D eigenvalue weighted by Gasteiger charge is 2.52. The molecular weight excluding hydrogens is 372 g/mol. The number of amides is 2. The standard InChI is InChI=1S/C16H10F4N4O3/c1-15(8-23-7-10(17)6-22-23)13(25)24(14(26)27-15)11-3-2-9(5-21)12(4-11)16(18,19)20/h2-4,6-7H,8H2,1H3. The van der Waals surface area contributed by atoms with Crippen molar-refractivity contribution in [3.8, 4) is 6.07 Å². The molecule has 1 aromatic carbocycles. The lowest BCUT2D eigenvalue weighted by atomic mass is 10.0. The van der Waals surface area contributed by atoms with Gasteiger partial charge in [0.05, 0.1) is 41.8 Å². The van der Waals surface area contributed by atoms with Crippen molar-refractivity contribution >= 4 is 17.7 Å².